The molecule has 0 radical (unpaired) electrons. The summed E-state index contributed by atoms with van der Waals surface area (Å²) in [6, 6.07) is 3.98. The zero-order valence-corrected chi connectivity index (χ0v) is 24.1. The van der Waals surface area contributed by atoms with E-state index in [2.05, 4.69) is 4.90 Å². The summed E-state index contributed by atoms with van der Waals surface area (Å²) in [5.41, 5.74) is -1.05. The molecule has 0 aromatic heterocycles. The Balaban J connectivity index is 1.71. The molecule has 3 heterocycles. The molecular formula is C30H43NO9. The van der Waals surface area contributed by atoms with Gasteiger partial charge in [0.2, 0.25) is 6.79 Å². The molecular weight excluding hydrogens is 518 g/mol. The lowest BCUT2D eigenvalue weighted by Gasteiger charge is -2.35. The van der Waals surface area contributed by atoms with Gasteiger partial charge in [-0.3, -0.25) is 4.79 Å². The highest BCUT2D eigenvalue weighted by Crippen LogP contribution is 2.42. The molecule has 3 aliphatic rings. The zero-order chi connectivity index (χ0) is 28.9. The molecule has 0 aliphatic carbocycles. The van der Waals surface area contributed by atoms with Crippen molar-refractivity contribution in [3.8, 4) is 11.5 Å². The normalized spacial score (nSPS) is 25.4. The van der Waals surface area contributed by atoms with Crippen LogP contribution in [0.5, 0.6) is 11.5 Å². The van der Waals surface area contributed by atoms with E-state index in [0.29, 0.717) is 36.6 Å². The first-order valence-electron chi connectivity index (χ1n) is 14.1. The van der Waals surface area contributed by atoms with Crippen molar-refractivity contribution in [3.05, 3.63) is 35.1 Å². The summed E-state index contributed by atoms with van der Waals surface area (Å²) in [5, 5.41) is 21.7. The summed E-state index contributed by atoms with van der Waals surface area (Å²) in [4.78, 5) is 28.5. The van der Waals surface area contributed by atoms with E-state index in [1.54, 1.807) is 21.0 Å². The highest BCUT2D eigenvalue weighted by molar-refractivity contribution is 5.86. The summed E-state index contributed by atoms with van der Waals surface area (Å²) in [7, 11) is 2.76. The van der Waals surface area contributed by atoms with Gasteiger partial charge in [-0.2, -0.15) is 0 Å². The fraction of sp³-hybridized carbons (Fsp3) is 0.667. The third kappa shape index (κ3) is 7.27. The van der Waals surface area contributed by atoms with E-state index in [0.717, 1.165) is 49.9 Å². The number of hydrogen-bond donors (Lipinski definition) is 2. The van der Waals surface area contributed by atoms with Crippen LogP contribution in [0.2, 0.25) is 0 Å². The topological polar surface area (TPSA) is 124 Å². The number of allylic oxidation sites excluding steroid dienone is 1. The van der Waals surface area contributed by atoms with Crippen LogP contribution in [0.3, 0.4) is 0 Å². The molecule has 40 heavy (non-hydrogen) atoms. The molecule has 10 nitrogen and oxygen atoms in total. The monoisotopic (exact) mass is 561 g/mol. The van der Waals surface area contributed by atoms with Gasteiger partial charge in [0, 0.05) is 19.0 Å². The maximum Gasteiger partial charge on any atom is 0.339 e. The van der Waals surface area contributed by atoms with E-state index in [9.17, 15) is 19.8 Å². The third-order valence-electron chi connectivity index (χ3n) is 8.00. The third-order valence-corrected chi connectivity index (χ3v) is 8.00. The lowest BCUT2D eigenvalue weighted by atomic mass is 9.86. The number of fused-ring (bicyclic) bond motifs is 5. The maximum atomic E-state index is 13.8. The molecule has 3 aliphatic heterocycles. The van der Waals surface area contributed by atoms with E-state index >= 15 is 0 Å². The SMILES string of the molecule is COC(=O)CC(O)(CCCC(C)(C)O)C(=O)O[C@@H]1/C(OC)=C\CCCCN2CCc3cc4c(cc3[C@H]1C2)OCO4. The summed E-state index contributed by atoms with van der Waals surface area (Å²) < 4.78 is 28.1. The fourth-order valence-electron chi connectivity index (χ4n) is 5.76. The van der Waals surface area contributed by atoms with E-state index in [1.165, 1.54) is 7.11 Å². The average Bonchev–Trinajstić information content (AvgIpc) is 3.29. The van der Waals surface area contributed by atoms with Crippen molar-refractivity contribution in [1.82, 2.24) is 4.90 Å². The van der Waals surface area contributed by atoms with Crippen molar-refractivity contribution in [2.75, 3.05) is 40.6 Å². The Morgan fingerprint density at radius 3 is 2.52 bits per heavy atom. The van der Waals surface area contributed by atoms with Crippen LogP contribution in [-0.2, 0) is 30.2 Å². The first-order valence-corrected chi connectivity index (χ1v) is 14.1. The molecule has 2 bridgehead atoms. The van der Waals surface area contributed by atoms with Crippen LogP contribution in [0.1, 0.15) is 75.8 Å². The molecule has 0 spiro atoms. The summed E-state index contributed by atoms with van der Waals surface area (Å²) in [6.07, 6.45) is 4.65. The number of benzene rings is 1. The largest absolute Gasteiger partial charge is 0.497 e. The van der Waals surface area contributed by atoms with Crippen LogP contribution in [0.4, 0.5) is 0 Å². The van der Waals surface area contributed by atoms with E-state index in [1.807, 2.05) is 18.2 Å². The van der Waals surface area contributed by atoms with E-state index in [-0.39, 0.29) is 19.1 Å². The molecule has 0 saturated carbocycles. The van der Waals surface area contributed by atoms with Gasteiger partial charge in [0.15, 0.2) is 23.2 Å². The Hall–Kier alpha value is -2.82. The van der Waals surface area contributed by atoms with Crippen LogP contribution >= 0.6 is 0 Å². The predicted octanol–water partition coefficient (Wildman–Crippen LogP) is 3.22. The molecule has 2 N–H and O–H groups in total. The van der Waals surface area contributed by atoms with Crippen molar-refractivity contribution in [2.24, 2.45) is 0 Å². The van der Waals surface area contributed by atoms with Gasteiger partial charge in [0.05, 0.1) is 26.2 Å². The molecule has 4 rings (SSSR count). The number of ether oxygens (including phenoxy) is 5. The summed E-state index contributed by atoms with van der Waals surface area (Å²) in [6.45, 7) is 5.83. The number of rotatable bonds is 9. The molecule has 2 unspecified atom stereocenters. The Kier molecular flexibility index (Phi) is 9.64. The molecule has 1 aromatic rings. The quantitative estimate of drug-likeness (QED) is 0.434. The smallest absolute Gasteiger partial charge is 0.339 e. The van der Waals surface area contributed by atoms with Crippen molar-refractivity contribution >= 4 is 11.9 Å². The van der Waals surface area contributed by atoms with Crippen LogP contribution in [0.15, 0.2) is 24.0 Å². The van der Waals surface area contributed by atoms with Crippen LogP contribution in [0, 0.1) is 0 Å². The standard InChI is InChI=1S/C30H43NO9/c1-29(2,34)11-8-12-30(35,17-26(32)37-4)28(33)40-27-22-18-31(13-7-5-6-9-23(27)36-3)14-10-20-15-24-25(16-21(20)22)39-19-38-24/h9,15-16,22,27,34-35H,5-8,10-14,17-19H2,1-4H3/b23-9+/t22-,27+,30?/m1/s1. The van der Waals surface area contributed by atoms with Gasteiger partial charge in [-0.05, 0) is 94.7 Å². The number of aliphatic hydroxyl groups is 2. The molecule has 1 aromatic carbocycles. The lowest BCUT2D eigenvalue weighted by molar-refractivity contribution is -0.178. The van der Waals surface area contributed by atoms with Crippen LogP contribution in [-0.4, -0.2) is 85.0 Å². The van der Waals surface area contributed by atoms with E-state index < -0.39 is 35.7 Å². The number of carbonyl (C=O) groups is 2. The highest BCUT2D eigenvalue weighted by Gasteiger charge is 2.45. The highest BCUT2D eigenvalue weighted by atomic mass is 16.7. The number of nitrogens with zero attached hydrogens (tertiary/aromatic N) is 1. The van der Waals surface area contributed by atoms with Gasteiger partial charge >= 0.3 is 11.9 Å². The van der Waals surface area contributed by atoms with Crippen LogP contribution in [0.25, 0.3) is 0 Å². The molecule has 0 fully saturated rings. The maximum absolute atomic E-state index is 13.8. The minimum atomic E-state index is -2.13. The second-order valence-electron chi connectivity index (χ2n) is 11.6. The Morgan fingerprint density at radius 2 is 1.82 bits per heavy atom. The first-order chi connectivity index (χ1) is 19.0. The molecule has 0 saturated heterocycles. The number of hydrogen-bond acceptors (Lipinski definition) is 10. The molecule has 4 atom stereocenters. The van der Waals surface area contributed by atoms with Gasteiger partial charge in [0.1, 0.15) is 5.76 Å². The number of methoxy groups -OCH3 is 2. The molecule has 10 heteroatoms. The Bertz CT molecular complexity index is 1100. The second kappa shape index (κ2) is 12.8. The average molecular weight is 562 g/mol. The van der Waals surface area contributed by atoms with Gasteiger partial charge in [0.25, 0.3) is 0 Å². The van der Waals surface area contributed by atoms with Gasteiger partial charge < -0.3 is 38.8 Å². The van der Waals surface area contributed by atoms with Gasteiger partial charge in [-0.25, -0.2) is 4.79 Å². The number of carbonyl (C=O) groups excluding carboxylic acids is 2. The predicted molar refractivity (Wildman–Crippen MR) is 146 cm³/mol. The molecule has 0 amide bonds. The summed E-state index contributed by atoms with van der Waals surface area (Å²) in [5.74, 6) is -0.120. The van der Waals surface area contributed by atoms with Gasteiger partial charge in [-0.15, -0.1) is 0 Å². The fourth-order valence-corrected chi connectivity index (χ4v) is 5.76. The van der Waals surface area contributed by atoms with Crippen molar-refractivity contribution in [3.63, 3.8) is 0 Å². The van der Waals surface area contributed by atoms with Crippen molar-refractivity contribution in [1.29, 1.82) is 0 Å². The number of esters is 2. The lowest BCUT2D eigenvalue weighted by Crippen LogP contribution is -2.46. The summed E-state index contributed by atoms with van der Waals surface area (Å²) >= 11 is 0. The minimum absolute atomic E-state index is 0.0737. The molecule has 222 valence electrons. The van der Waals surface area contributed by atoms with E-state index in [4.69, 9.17) is 23.7 Å². The van der Waals surface area contributed by atoms with Crippen molar-refractivity contribution in [2.45, 2.75) is 88.4 Å². The van der Waals surface area contributed by atoms with Crippen LogP contribution < -0.4 is 9.47 Å². The Labute approximate surface area is 236 Å². The zero-order valence-electron chi connectivity index (χ0n) is 24.1. The second-order valence-corrected chi connectivity index (χ2v) is 11.6. The first kappa shape index (κ1) is 30.1. The Morgan fingerprint density at radius 1 is 1.07 bits per heavy atom. The van der Waals surface area contributed by atoms with Gasteiger partial charge in [-0.1, -0.05) is 0 Å². The van der Waals surface area contributed by atoms with Crippen molar-refractivity contribution < 1.29 is 43.5 Å². The minimum Gasteiger partial charge on any atom is -0.497 e.